The zero-order valence-electron chi connectivity index (χ0n) is 6.69. The Hall–Kier alpha value is -1.46. The quantitative estimate of drug-likeness (QED) is 0.599. The van der Waals surface area contributed by atoms with Crippen LogP contribution in [0.2, 0.25) is 0 Å². The molecule has 1 N–H and O–H groups in total. The summed E-state index contributed by atoms with van der Waals surface area (Å²) in [6.07, 6.45) is 0. The van der Waals surface area contributed by atoms with Gasteiger partial charge in [0.15, 0.2) is 0 Å². The fourth-order valence-corrected chi connectivity index (χ4v) is 1.26. The minimum absolute atomic E-state index is 0.137. The van der Waals surface area contributed by atoms with Crippen LogP contribution in [0.1, 0.15) is 17.5 Å². The molecule has 1 aliphatic rings. The van der Waals surface area contributed by atoms with E-state index in [0.29, 0.717) is 5.92 Å². The van der Waals surface area contributed by atoms with Crippen molar-refractivity contribution >= 4 is 5.91 Å². The van der Waals surface area contributed by atoms with Crippen LogP contribution < -0.4 is 0 Å². The molecule has 1 amide bonds. The minimum atomic E-state index is -0.137. The maximum absolute atomic E-state index is 11.4. The summed E-state index contributed by atoms with van der Waals surface area (Å²) in [5.74, 6) is 0.615. The molecule has 0 aliphatic carbocycles. The molecule has 6 nitrogen and oxygen atoms in total. The lowest BCUT2D eigenvalue weighted by Crippen LogP contribution is -2.48. The predicted octanol–water partition coefficient (Wildman–Crippen LogP) is -0.708. The van der Waals surface area contributed by atoms with Gasteiger partial charge in [0.25, 0.3) is 11.7 Å². The van der Waals surface area contributed by atoms with Crippen LogP contribution in [0, 0.1) is 5.92 Å². The van der Waals surface area contributed by atoms with Crippen LogP contribution in [0.3, 0.4) is 0 Å². The normalized spacial score (nSPS) is 17.6. The smallest absolute Gasteiger partial charge is 0.295 e. The highest BCUT2D eigenvalue weighted by Gasteiger charge is 2.29. The number of aromatic nitrogens is 4. The average molecular weight is 167 g/mol. The third kappa shape index (κ3) is 1.05. The van der Waals surface area contributed by atoms with E-state index in [4.69, 9.17) is 0 Å². The molecule has 12 heavy (non-hydrogen) atoms. The van der Waals surface area contributed by atoms with Crippen molar-refractivity contribution in [2.24, 2.45) is 5.92 Å². The molecular formula is C6H9N5O. The van der Waals surface area contributed by atoms with Crippen molar-refractivity contribution in [2.75, 3.05) is 13.1 Å². The molecule has 0 spiro atoms. The van der Waals surface area contributed by atoms with Crippen LogP contribution in [0.5, 0.6) is 0 Å². The summed E-state index contributed by atoms with van der Waals surface area (Å²) in [7, 11) is 0. The van der Waals surface area contributed by atoms with Crippen LogP contribution in [0.25, 0.3) is 0 Å². The van der Waals surface area contributed by atoms with Crippen molar-refractivity contribution in [2.45, 2.75) is 6.92 Å². The van der Waals surface area contributed by atoms with Gasteiger partial charge in [0.1, 0.15) is 0 Å². The van der Waals surface area contributed by atoms with E-state index < -0.39 is 0 Å². The Balaban J connectivity index is 2.03. The molecule has 64 valence electrons. The first-order valence-corrected chi connectivity index (χ1v) is 3.80. The van der Waals surface area contributed by atoms with Gasteiger partial charge < -0.3 is 4.90 Å². The number of H-pyrrole nitrogens is 1. The molecule has 0 aromatic carbocycles. The van der Waals surface area contributed by atoms with E-state index in [9.17, 15) is 4.79 Å². The van der Waals surface area contributed by atoms with Crippen LogP contribution in [-0.4, -0.2) is 44.5 Å². The van der Waals surface area contributed by atoms with Crippen molar-refractivity contribution in [1.29, 1.82) is 0 Å². The highest BCUT2D eigenvalue weighted by molar-refractivity contribution is 5.90. The number of likely N-dealkylation sites (tertiary alicyclic amines) is 1. The fourth-order valence-electron chi connectivity index (χ4n) is 1.26. The molecule has 1 aromatic rings. The van der Waals surface area contributed by atoms with Gasteiger partial charge in [-0.15, -0.1) is 10.2 Å². The Labute approximate surface area is 68.9 Å². The maximum Gasteiger partial charge on any atom is 0.295 e. The number of hydrogen-bond acceptors (Lipinski definition) is 4. The van der Waals surface area contributed by atoms with Crippen molar-refractivity contribution in [1.82, 2.24) is 25.5 Å². The van der Waals surface area contributed by atoms with Crippen LogP contribution in [0.15, 0.2) is 0 Å². The second-order valence-corrected chi connectivity index (χ2v) is 3.05. The van der Waals surface area contributed by atoms with Gasteiger partial charge in [-0.25, -0.2) is 0 Å². The lowest BCUT2D eigenvalue weighted by atomic mass is 10.0. The number of carbonyl (C=O) groups excluding carboxylic acids is 1. The Morgan fingerprint density at radius 1 is 1.67 bits per heavy atom. The topological polar surface area (TPSA) is 74.8 Å². The molecule has 0 radical (unpaired) electrons. The number of rotatable bonds is 1. The third-order valence-corrected chi connectivity index (χ3v) is 1.89. The van der Waals surface area contributed by atoms with E-state index in [-0.39, 0.29) is 11.7 Å². The molecule has 0 saturated carbocycles. The number of tetrazole rings is 1. The van der Waals surface area contributed by atoms with E-state index >= 15 is 0 Å². The SMILES string of the molecule is CC1CN(C(=O)c2nn[nH]n2)C1. The Morgan fingerprint density at radius 2 is 2.42 bits per heavy atom. The first-order chi connectivity index (χ1) is 5.77. The molecule has 0 bridgehead atoms. The number of carbonyl (C=O) groups is 1. The van der Waals surface area contributed by atoms with Gasteiger partial charge in [-0.2, -0.15) is 5.21 Å². The minimum Gasteiger partial charge on any atom is -0.335 e. The number of aromatic amines is 1. The van der Waals surface area contributed by atoms with Crippen molar-refractivity contribution in [3.05, 3.63) is 5.82 Å². The lowest BCUT2D eigenvalue weighted by molar-refractivity contribution is 0.0517. The molecule has 0 atom stereocenters. The Morgan fingerprint density at radius 3 is 2.92 bits per heavy atom. The van der Waals surface area contributed by atoms with Crippen molar-refractivity contribution in [3.8, 4) is 0 Å². The first-order valence-electron chi connectivity index (χ1n) is 3.80. The van der Waals surface area contributed by atoms with Gasteiger partial charge in [-0.3, -0.25) is 4.79 Å². The fraction of sp³-hybridized carbons (Fsp3) is 0.667. The van der Waals surface area contributed by atoms with Gasteiger partial charge in [-0.05, 0) is 11.1 Å². The molecular weight excluding hydrogens is 158 g/mol. The third-order valence-electron chi connectivity index (χ3n) is 1.89. The van der Waals surface area contributed by atoms with Crippen molar-refractivity contribution in [3.63, 3.8) is 0 Å². The molecule has 1 saturated heterocycles. The van der Waals surface area contributed by atoms with Crippen LogP contribution in [-0.2, 0) is 0 Å². The van der Waals surface area contributed by atoms with E-state index in [1.807, 2.05) is 0 Å². The van der Waals surface area contributed by atoms with E-state index in [2.05, 4.69) is 27.5 Å². The zero-order chi connectivity index (χ0) is 8.55. The van der Waals surface area contributed by atoms with Gasteiger partial charge in [-0.1, -0.05) is 6.92 Å². The number of amides is 1. The summed E-state index contributed by atoms with van der Waals surface area (Å²) in [5, 5.41) is 12.8. The van der Waals surface area contributed by atoms with Gasteiger partial charge >= 0.3 is 0 Å². The number of nitrogens with one attached hydrogen (secondary N) is 1. The van der Waals surface area contributed by atoms with E-state index in [0.717, 1.165) is 13.1 Å². The predicted molar refractivity (Wildman–Crippen MR) is 39.2 cm³/mol. The average Bonchev–Trinajstić information content (AvgIpc) is 2.49. The van der Waals surface area contributed by atoms with Crippen LogP contribution >= 0.6 is 0 Å². The lowest BCUT2D eigenvalue weighted by Gasteiger charge is -2.36. The summed E-state index contributed by atoms with van der Waals surface area (Å²) in [6, 6.07) is 0. The van der Waals surface area contributed by atoms with Crippen LogP contribution in [0.4, 0.5) is 0 Å². The van der Waals surface area contributed by atoms with Crippen molar-refractivity contribution < 1.29 is 4.79 Å². The number of nitrogens with zero attached hydrogens (tertiary/aromatic N) is 4. The molecule has 2 heterocycles. The number of hydrogen-bond donors (Lipinski definition) is 1. The molecule has 2 rings (SSSR count). The maximum atomic E-state index is 11.4. The van der Waals surface area contributed by atoms with Gasteiger partial charge in [0, 0.05) is 13.1 Å². The highest BCUT2D eigenvalue weighted by atomic mass is 16.2. The monoisotopic (exact) mass is 167 g/mol. The van der Waals surface area contributed by atoms with E-state index in [1.165, 1.54) is 0 Å². The molecule has 1 aliphatic heterocycles. The summed E-state index contributed by atoms with van der Waals surface area (Å²) in [6.45, 7) is 3.70. The second-order valence-electron chi connectivity index (χ2n) is 3.05. The van der Waals surface area contributed by atoms with E-state index in [1.54, 1.807) is 4.90 Å². The van der Waals surface area contributed by atoms with Gasteiger partial charge in [0.2, 0.25) is 0 Å². The standard InChI is InChI=1S/C6H9N5O/c1-4-2-11(3-4)6(12)5-7-9-10-8-5/h4H,2-3H2,1H3,(H,7,8,9,10). The Kier molecular flexibility index (Phi) is 1.53. The second kappa shape index (κ2) is 2.54. The first kappa shape index (κ1) is 7.20. The summed E-state index contributed by atoms with van der Waals surface area (Å²) in [5.41, 5.74) is 0. The Bertz CT molecular complexity index is 276. The molecule has 0 unspecified atom stereocenters. The summed E-state index contributed by atoms with van der Waals surface area (Å²) >= 11 is 0. The van der Waals surface area contributed by atoms with Gasteiger partial charge in [0.05, 0.1) is 0 Å². The summed E-state index contributed by atoms with van der Waals surface area (Å²) < 4.78 is 0. The summed E-state index contributed by atoms with van der Waals surface area (Å²) in [4.78, 5) is 13.1. The highest BCUT2D eigenvalue weighted by Crippen LogP contribution is 2.15. The molecule has 6 heteroatoms. The zero-order valence-corrected chi connectivity index (χ0v) is 6.69. The largest absolute Gasteiger partial charge is 0.335 e. The molecule has 1 aromatic heterocycles. The molecule has 1 fully saturated rings.